The fourth-order valence-electron chi connectivity index (χ4n) is 1.59. The van der Waals surface area contributed by atoms with Gasteiger partial charge in [-0.1, -0.05) is 15.9 Å². The Morgan fingerprint density at radius 2 is 2.05 bits per heavy atom. The van der Waals surface area contributed by atoms with Gasteiger partial charge in [0.2, 0.25) is 5.91 Å². The number of carbonyl (C=O) groups is 1. The lowest BCUT2D eigenvalue weighted by Gasteiger charge is -2.20. The summed E-state index contributed by atoms with van der Waals surface area (Å²) in [4.78, 5) is 11.6. The van der Waals surface area contributed by atoms with Crippen LogP contribution in [-0.4, -0.2) is 25.1 Å². The van der Waals surface area contributed by atoms with Gasteiger partial charge in [-0.2, -0.15) is 0 Å². The lowest BCUT2D eigenvalue weighted by molar-refractivity contribution is -0.121. The van der Waals surface area contributed by atoms with Gasteiger partial charge in [0.15, 0.2) is 0 Å². The fourth-order valence-corrected chi connectivity index (χ4v) is 1.97. The van der Waals surface area contributed by atoms with Crippen LogP contribution in [0.2, 0.25) is 0 Å². The second-order valence-electron chi connectivity index (χ2n) is 5.36. The Bertz CT molecular complexity index is 442. The number of rotatable bonds is 5. The molecule has 0 heterocycles. The molecule has 0 saturated carbocycles. The number of hydrogen-bond acceptors (Lipinski definition) is 3. The zero-order valence-corrected chi connectivity index (χ0v) is 13.4. The summed E-state index contributed by atoms with van der Waals surface area (Å²) in [7, 11) is 1.64. The number of hydrogen-bond donors (Lipinski definition) is 2. The first kappa shape index (κ1) is 16.0. The maximum atomic E-state index is 11.6. The number of benzene rings is 1. The molecule has 0 spiro atoms. The average molecular weight is 329 g/mol. The van der Waals surface area contributed by atoms with Crippen LogP contribution in [0.4, 0.5) is 0 Å². The third-order valence-electron chi connectivity index (χ3n) is 2.37. The van der Waals surface area contributed by atoms with Crippen LogP contribution in [0.15, 0.2) is 22.7 Å². The zero-order chi connectivity index (χ0) is 14.5. The van der Waals surface area contributed by atoms with Gasteiger partial charge in [-0.15, -0.1) is 0 Å². The van der Waals surface area contributed by atoms with E-state index in [1.165, 1.54) is 0 Å². The van der Waals surface area contributed by atoms with Crippen molar-refractivity contribution in [3.8, 4) is 5.75 Å². The van der Waals surface area contributed by atoms with Crippen LogP contribution in [0.1, 0.15) is 26.3 Å². The van der Waals surface area contributed by atoms with Gasteiger partial charge in [-0.05, 0) is 44.5 Å². The summed E-state index contributed by atoms with van der Waals surface area (Å²) < 4.78 is 6.17. The number of ether oxygens (including phenoxy) is 1. The summed E-state index contributed by atoms with van der Waals surface area (Å²) in [5, 5.41) is 6.02. The van der Waals surface area contributed by atoms with Gasteiger partial charge in [0.25, 0.3) is 0 Å². The molecule has 2 N–H and O–H groups in total. The van der Waals surface area contributed by atoms with Crippen molar-refractivity contribution in [1.29, 1.82) is 0 Å². The van der Waals surface area contributed by atoms with E-state index in [0.717, 1.165) is 15.8 Å². The molecule has 0 aliphatic carbocycles. The summed E-state index contributed by atoms with van der Waals surface area (Å²) >= 11 is 3.48. The lowest BCUT2D eigenvalue weighted by atomic mass is 10.1. The van der Waals surface area contributed by atoms with Gasteiger partial charge < -0.3 is 15.4 Å². The molecule has 4 nitrogen and oxygen atoms in total. The van der Waals surface area contributed by atoms with Crippen molar-refractivity contribution in [3.05, 3.63) is 28.2 Å². The van der Waals surface area contributed by atoms with Gasteiger partial charge in [-0.3, -0.25) is 4.79 Å². The quantitative estimate of drug-likeness (QED) is 0.872. The molecule has 5 heteroatoms. The molecule has 0 aliphatic rings. The molecule has 1 aromatic rings. The molecule has 0 bridgehead atoms. The minimum Gasteiger partial charge on any atom is -0.497 e. The predicted octanol–water partition coefficient (Wildman–Crippen LogP) is 2.46. The molecule has 0 fully saturated rings. The van der Waals surface area contributed by atoms with Crippen molar-refractivity contribution in [2.45, 2.75) is 32.9 Å². The van der Waals surface area contributed by atoms with Gasteiger partial charge in [0, 0.05) is 16.6 Å². The average Bonchev–Trinajstić information content (AvgIpc) is 2.29. The molecule has 1 amide bonds. The molecule has 19 heavy (non-hydrogen) atoms. The van der Waals surface area contributed by atoms with Crippen molar-refractivity contribution in [2.24, 2.45) is 0 Å². The topological polar surface area (TPSA) is 50.4 Å². The van der Waals surface area contributed by atoms with Crippen LogP contribution >= 0.6 is 15.9 Å². The summed E-state index contributed by atoms with van der Waals surface area (Å²) in [6.07, 6.45) is 0. The van der Waals surface area contributed by atoms with Crippen LogP contribution in [-0.2, 0) is 11.3 Å². The maximum Gasteiger partial charge on any atom is 0.234 e. The van der Waals surface area contributed by atoms with Crippen LogP contribution < -0.4 is 15.4 Å². The van der Waals surface area contributed by atoms with Crippen molar-refractivity contribution in [1.82, 2.24) is 10.6 Å². The molecule has 106 valence electrons. The van der Waals surface area contributed by atoms with E-state index < -0.39 is 0 Å². The molecule has 0 atom stereocenters. The Labute approximate surface area is 123 Å². The van der Waals surface area contributed by atoms with Crippen molar-refractivity contribution in [3.63, 3.8) is 0 Å². The monoisotopic (exact) mass is 328 g/mol. The molecule has 0 saturated heterocycles. The normalized spacial score (nSPS) is 11.2. The molecule has 0 aromatic heterocycles. The van der Waals surface area contributed by atoms with Crippen molar-refractivity contribution in [2.75, 3.05) is 13.7 Å². The second-order valence-corrected chi connectivity index (χ2v) is 6.21. The van der Waals surface area contributed by atoms with E-state index in [1.54, 1.807) is 7.11 Å². The molecular weight excluding hydrogens is 308 g/mol. The van der Waals surface area contributed by atoms with E-state index in [4.69, 9.17) is 4.74 Å². The summed E-state index contributed by atoms with van der Waals surface area (Å²) in [6.45, 7) is 6.78. The Hall–Kier alpha value is -1.07. The van der Waals surface area contributed by atoms with Crippen LogP contribution in [0.5, 0.6) is 5.75 Å². The van der Waals surface area contributed by atoms with Crippen molar-refractivity contribution >= 4 is 21.8 Å². The number of carbonyl (C=O) groups excluding carboxylic acids is 1. The predicted molar refractivity (Wildman–Crippen MR) is 80.3 cm³/mol. The Balaban J connectivity index is 2.47. The molecule has 1 aromatic carbocycles. The fraction of sp³-hybridized carbons (Fsp3) is 0.500. The van der Waals surface area contributed by atoms with Crippen LogP contribution in [0, 0.1) is 0 Å². The first-order valence-corrected chi connectivity index (χ1v) is 6.95. The Morgan fingerprint density at radius 3 is 2.63 bits per heavy atom. The number of nitrogens with one attached hydrogen (secondary N) is 2. The smallest absolute Gasteiger partial charge is 0.234 e. The van der Waals surface area contributed by atoms with E-state index in [9.17, 15) is 4.79 Å². The minimum atomic E-state index is -0.199. The lowest BCUT2D eigenvalue weighted by Crippen LogP contribution is -2.44. The third-order valence-corrected chi connectivity index (χ3v) is 3.14. The van der Waals surface area contributed by atoms with Gasteiger partial charge in [0.05, 0.1) is 13.7 Å². The largest absolute Gasteiger partial charge is 0.497 e. The zero-order valence-electron chi connectivity index (χ0n) is 11.8. The number of methoxy groups -OCH3 is 1. The SMILES string of the molecule is COc1ccc(Br)c(CNCC(=O)NC(C)(C)C)c1. The molecular formula is C14H21BrN2O2. The highest BCUT2D eigenvalue weighted by Gasteiger charge is 2.13. The standard InChI is InChI=1S/C14H21BrN2O2/c1-14(2,3)17-13(18)9-16-8-10-7-11(19-4)5-6-12(10)15/h5-7,16H,8-9H2,1-4H3,(H,17,18). The first-order chi connectivity index (χ1) is 8.81. The van der Waals surface area contributed by atoms with Crippen LogP contribution in [0.25, 0.3) is 0 Å². The summed E-state index contributed by atoms with van der Waals surface area (Å²) in [5.74, 6) is 0.797. The van der Waals surface area contributed by atoms with E-state index in [0.29, 0.717) is 13.1 Å². The van der Waals surface area contributed by atoms with Gasteiger partial charge >= 0.3 is 0 Å². The molecule has 0 unspecified atom stereocenters. The minimum absolute atomic E-state index is 0.00785. The number of amides is 1. The summed E-state index contributed by atoms with van der Waals surface area (Å²) in [6, 6.07) is 5.77. The van der Waals surface area contributed by atoms with Gasteiger partial charge in [0.1, 0.15) is 5.75 Å². The Morgan fingerprint density at radius 1 is 1.37 bits per heavy atom. The van der Waals surface area contributed by atoms with Gasteiger partial charge in [-0.25, -0.2) is 0 Å². The molecule has 0 radical (unpaired) electrons. The number of halogens is 1. The van der Waals surface area contributed by atoms with E-state index in [-0.39, 0.29) is 11.4 Å². The molecule has 1 rings (SSSR count). The van der Waals surface area contributed by atoms with Crippen molar-refractivity contribution < 1.29 is 9.53 Å². The van der Waals surface area contributed by atoms with E-state index in [2.05, 4.69) is 26.6 Å². The second kappa shape index (κ2) is 6.91. The Kier molecular flexibility index (Phi) is 5.82. The van der Waals surface area contributed by atoms with E-state index >= 15 is 0 Å². The highest BCUT2D eigenvalue weighted by Crippen LogP contribution is 2.22. The van der Waals surface area contributed by atoms with Crippen LogP contribution in [0.3, 0.4) is 0 Å². The molecule has 0 aliphatic heterocycles. The first-order valence-electron chi connectivity index (χ1n) is 6.16. The maximum absolute atomic E-state index is 11.6. The highest BCUT2D eigenvalue weighted by atomic mass is 79.9. The van der Waals surface area contributed by atoms with E-state index in [1.807, 2.05) is 39.0 Å². The summed E-state index contributed by atoms with van der Waals surface area (Å²) in [5.41, 5.74) is 0.859. The third kappa shape index (κ3) is 6.07. The highest BCUT2D eigenvalue weighted by molar-refractivity contribution is 9.10.